The average molecular weight is 383 g/mol. The van der Waals surface area contributed by atoms with Crippen molar-refractivity contribution in [3.63, 3.8) is 0 Å². The molecule has 3 N–H and O–H groups in total. The smallest absolute Gasteiger partial charge is 0.408 e. The summed E-state index contributed by atoms with van der Waals surface area (Å²) in [5.74, 6) is -1.26. The van der Waals surface area contributed by atoms with Gasteiger partial charge in [-0.3, -0.25) is 0 Å². The Morgan fingerprint density at radius 2 is 1.52 bits per heavy atom. The van der Waals surface area contributed by atoms with E-state index in [1.54, 1.807) is 13.8 Å². The first kappa shape index (κ1) is 23.5. The van der Waals surface area contributed by atoms with Crippen molar-refractivity contribution in [1.82, 2.24) is 10.6 Å². The number of hydrogen-bond donors (Lipinski definition) is 3. The summed E-state index contributed by atoms with van der Waals surface area (Å²) in [5.41, 5.74) is 0. The van der Waals surface area contributed by atoms with Crippen molar-refractivity contribution in [1.29, 1.82) is 0 Å². The quantitative estimate of drug-likeness (QED) is 0.573. The summed E-state index contributed by atoms with van der Waals surface area (Å²) < 4.78 is 4.59. The predicted octanol–water partition coefficient (Wildman–Crippen LogP) is 4.25. The standard InChI is InChI=1S/C12H23N.C9H15NO4/c1-3-7-11(8-4-1)13-12-9-5-2-6-10-12;1-4-5-14-9(13)10-7(6(2)3)8(11)12/h11-13H,1-10H2;4,6-7H,1,5H2,2-3H3,(H,10,13)(H,11,12)/t;7-/m.0/s1. The van der Waals surface area contributed by atoms with E-state index in [0.717, 1.165) is 12.1 Å². The highest BCUT2D eigenvalue weighted by atomic mass is 16.5. The monoisotopic (exact) mass is 382 g/mol. The minimum atomic E-state index is -1.07. The second-order valence-corrected chi connectivity index (χ2v) is 7.93. The van der Waals surface area contributed by atoms with E-state index in [4.69, 9.17) is 5.11 Å². The molecule has 2 aliphatic rings. The molecule has 0 aromatic heterocycles. The van der Waals surface area contributed by atoms with Crippen molar-refractivity contribution >= 4 is 12.1 Å². The summed E-state index contributed by atoms with van der Waals surface area (Å²) in [5, 5.41) is 14.8. The predicted molar refractivity (Wildman–Crippen MR) is 108 cm³/mol. The highest BCUT2D eigenvalue weighted by molar-refractivity contribution is 5.80. The number of amides is 1. The largest absolute Gasteiger partial charge is 0.480 e. The van der Waals surface area contributed by atoms with Gasteiger partial charge in [-0.15, -0.1) is 0 Å². The van der Waals surface area contributed by atoms with Crippen molar-refractivity contribution in [3.8, 4) is 0 Å². The third kappa shape index (κ3) is 10.4. The first-order valence-electron chi connectivity index (χ1n) is 10.5. The molecule has 1 atom stereocenters. The molecule has 0 saturated heterocycles. The Hall–Kier alpha value is -1.56. The van der Waals surface area contributed by atoms with Crippen molar-refractivity contribution in [2.45, 2.75) is 96.2 Å². The van der Waals surface area contributed by atoms with Crippen molar-refractivity contribution < 1.29 is 19.4 Å². The van der Waals surface area contributed by atoms with Gasteiger partial charge in [0, 0.05) is 12.1 Å². The van der Waals surface area contributed by atoms with Gasteiger partial charge in [-0.2, -0.15) is 0 Å². The van der Waals surface area contributed by atoms with Crippen molar-refractivity contribution in [2.24, 2.45) is 5.92 Å². The fraction of sp³-hybridized carbons (Fsp3) is 0.810. The number of carboxylic acid groups (broad SMARTS) is 1. The molecule has 0 radical (unpaired) electrons. The minimum Gasteiger partial charge on any atom is -0.480 e. The van der Waals surface area contributed by atoms with Crippen LogP contribution in [0.25, 0.3) is 0 Å². The Morgan fingerprint density at radius 1 is 1.04 bits per heavy atom. The zero-order valence-electron chi connectivity index (χ0n) is 17.0. The lowest BCUT2D eigenvalue weighted by Gasteiger charge is -2.30. The van der Waals surface area contributed by atoms with E-state index in [1.807, 2.05) is 0 Å². The maximum atomic E-state index is 11.0. The van der Waals surface area contributed by atoms with E-state index < -0.39 is 18.1 Å². The molecule has 2 saturated carbocycles. The maximum Gasteiger partial charge on any atom is 0.408 e. The van der Waals surface area contributed by atoms with E-state index in [-0.39, 0.29) is 12.5 Å². The average Bonchev–Trinajstić information content (AvgIpc) is 2.66. The molecule has 0 heterocycles. The molecule has 0 spiro atoms. The number of rotatable bonds is 7. The molecule has 156 valence electrons. The van der Waals surface area contributed by atoms with Gasteiger partial charge < -0.3 is 20.5 Å². The first-order chi connectivity index (χ1) is 12.9. The van der Waals surface area contributed by atoms with Gasteiger partial charge in [-0.05, 0) is 31.6 Å². The maximum absolute atomic E-state index is 11.0. The molecular formula is C21H38N2O4. The van der Waals surface area contributed by atoms with Crippen molar-refractivity contribution in [2.75, 3.05) is 6.61 Å². The van der Waals surface area contributed by atoms with E-state index in [1.165, 1.54) is 70.3 Å². The molecule has 2 aliphatic carbocycles. The van der Waals surface area contributed by atoms with Crippen LogP contribution in [0.2, 0.25) is 0 Å². The van der Waals surface area contributed by atoms with Gasteiger partial charge in [0.25, 0.3) is 0 Å². The van der Waals surface area contributed by atoms with Crippen LogP contribution in [0.15, 0.2) is 12.7 Å². The summed E-state index contributed by atoms with van der Waals surface area (Å²) in [6, 6.07) is 0.820. The Bertz CT molecular complexity index is 425. The zero-order chi connectivity index (χ0) is 20.1. The third-order valence-electron chi connectivity index (χ3n) is 5.22. The Morgan fingerprint density at radius 3 is 1.89 bits per heavy atom. The third-order valence-corrected chi connectivity index (χ3v) is 5.22. The lowest BCUT2D eigenvalue weighted by molar-refractivity contribution is -0.140. The topological polar surface area (TPSA) is 87.7 Å². The van der Waals surface area contributed by atoms with Gasteiger partial charge in [0.1, 0.15) is 12.6 Å². The van der Waals surface area contributed by atoms with Crippen LogP contribution >= 0.6 is 0 Å². The van der Waals surface area contributed by atoms with Crippen LogP contribution in [-0.4, -0.2) is 41.9 Å². The van der Waals surface area contributed by atoms with Crippen LogP contribution < -0.4 is 10.6 Å². The molecule has 6 nitrogen and oxygen atoms in total. The lowest BCUT2D eigenvalue weighted by Crippen LogP contribution is -2.44. The highest BCUT2D eigenvalue weighted by Crippen LogP contribution is 2.22. The number of carboxylic acids is 1. The van der Waals surface area contributed by atoms with E-state index in [2.05, 4.69) is 21.9 Å². The Balaban J connectivity index is 0.000000270. The van der Waals surface area contributed by atoms with Gasteiger partial charge in [0.15, 0.2) is 0 Å². The molecule has 0 aromatic rings. The summed E-state index contributed by atoms with van der Waals surface area (Å²) in [6.45, 7) is 6.83. The van der Waals surface area contributed by atoms with Crippen LogP contribution in [0.4, 0.5) is 4.79 Å². The Labute approximate surface area is 164 Å². The molecule has 1 amide bonds. The minimum absolute atomic E-state index is 0.0657. The number of carbonyl (C=O) groups is 2. The number of alkyl carbamates (subject to hydrolysis) is 1. The summed E-state index contributed by atoms with van der Waals surface area (Å²) in [7, 11) is 0. The first-order valence-corrected chi connectivity index (χ1v) is 10.5. The molecule has 27 heavy (non-hydrogen) atoms. The number of hydrogen-bond acceptors (Lipinski definition) is 4. The number of ether oxygens (including phenoxy) is 1. The van der Waals surface area contributed by atoms with E-state index in [9.17, 15) is 9.59 Å². The van der Waals surface area contributed by atoms with Gasteiger partial charge in [-0.25, -0.2) is 9.59 Å². The molecular weight excluding hydrogens is 344 g/mol. The number of aliphatic carboxylic acids is 1. The zero-order valence-corrected chi connectivity index (χ0v) is 17.0. The van der Waals surface area contributed by atoms with Gasteiger partial charge >= 0.3 is 12.1 Å². The van der Waals surface area contributed by atoms with Crippen LogP contribution in [-0.2, 0) is 9.53 Å². The number of carbonyl (C=O) groups excluding carboxylic acids is 1. The van der Waals surface area contributed by atoms with E-state index >= 15 is 0 Å². The van der Waals surface area contributed by atoms with Crippen LogP contribution in [0.1, 0.15) is 78.1 Å². The molecule has 0 bridgehead atoms. The van der Waals surface area contributed by atoms with Crippen LogP contribution in [0, 0.1) is 5.92 Å². The van der Waals surface area contributed by atoms with Crippen LogP contribution in [0.3, 0.4) is 0 Å². The second-order valence-electron chi connectivity index (χ2n) is 7.93. The van der Waals surface area contributed by atoms with Crippen molar-refractivity contribution in [3.05, 3.63) is 12.7 Å². The lowest BCUT2D eigenvalue weighted by atomic mass is 9.91. The normalized spacial score (nSPS) is 19.5. The molecule has 0 aliphatic heterocycles. The fourth-order valence-electron chi connectivity index (χ4n) is 3.69. The van der Waals surface area contributed by atoms with Crippen LogP contribution in [0.5, 0.6) is 0 Å². The van der Waals surface area contributed by atoms with Gasteiger partial charge in [0.2, 0.25) is 0 Å². The SMILES string of the molecule is C1CCC(NC2CCCCC2)CC1.C=CCOC(=O)N[C@H](C(=O)O)C(C)C. The van der Waals surface area contributed by atoms with Gasteiger partial charge in [-0.1, -0.05) is 65.0 Å². The fourth-order valence-corrected chi connectivity index (χ4v) is 3.69. The second kappa shape index (κ2) is 13.6. The summed E-state index contributed by atoms with van der Waals surface area (Å²) >= 11 is 0. The molecule has 6 heteroatoms. The molecule has 2 rings (SSSR count). The molecule has 0 unspecified atom stereocenters. The summed E-state index contributed by atoms with van der Waals surface area (Å²) in [6.07, 6.45) is 15.2. The van der Waals surface area contributed by atoms with E-state index in [0.29, 0.717) is 0 Å². The number of nitrogens with one attached hydrogen (secondary N) is 2. The molecule has 2 fully saturated rings. The highest BCUT2D eigenvalue weighted by Gasteiger charge is 2.23. The summed E-state index contributed by atoms with van der Waals surface area (Å²) in [4.78, 5) is 21.6. The Kier molecular flexibility index (Phi) is 11.8. The van der Waals surface area contributed by atoms with Gasteiger partial charge in [0.05, 0.1) is 0 Å². The molecule has 0 aromatic carbocycles.